The predicted octanol–water partition coefficient (Wildman–Crippen LogP) is 3.16. The van der Waals surface area contributed by atoms with Crippen LogP contribution in [0.3, 0.4) is 0 Å². The molecule has 0 aliphatic rings. The Bertz CT molecular complexity index is 931. The minimum Gasteiger partial charge on any atom is -0.311 e. The second-order valence-corrected chi connectivity index (χ2v) is 6.06. The van der Waals surface area contributed by atoms with E-state index < -0.39 is 0 Å². The first-order valence-corrected chi connectivity index (χ1v) is 8.14. The van der Waals surface area contributed by atoms with E-state index in [1.807, 2.05) is 19.1 Å². The number of hydrogen-bond donors (Lipinski definition) is 1. The molecule has 2 aromatic heterocycles. The zero-order chi connectivity index (χ0) is 17.3. The molecule has 0 saturated heterocycles. The van der Waals surface area contributed by atoms with Crippen molar-refractivity contribution in [3.8, 4) is 11.4 Å². The summed E-state index contributed by atoms with van der Waals surface area (Å²) in [6.07, 6.45) is 2.54. The molecule has 1 atom stereocenters. The standard InChI is InChI=1S/C17H18ClN5O/c1-4-12-5-6-13(14(18)7-12)10(2)23-19-9-16(22-23)15-8-17(24)21-11(3)20-15/h5-10H,4H2,1-3H3,(H,20,21,24)/t10-/m0/s1. The number of benzene rings is 1. The second kappa shape index (κ2) is 6.57. The molecule has 24 heavy (non-hydrogen) atoms. The summed E-state index contributed by atoms with van der Waals surface area (Å²) in [4.78, 5) is 20.1. The van der Waals surface area contributed by atoms with E-state index in [0.717, 1.165) is 12.0 Å². The van der Waals surface area contributed by atoms with Crippen LogP contribution in [0.25, 0.3) is 11.4 Å². The van der Waals surface area contributed by atoms with Crippen LogP contribution in [-0.2, 0) is 6.42 Å². The van der Waals surface area contributed by atoms with Crippen LogP contribution in [0.1, 0.15) is 36.8 Å². The number of aryl methyl sites for hydroxylation is 2. The summed E-state index contributed by atoms with van der Waals surface area (Å²) in [5.74, 6) is 0.540. The van der Waals surface area contributed by atoms with Gasteiger partial charge in [0.2, 0.25) is 0 Å². The monoisotopic (exact) mass is 343 g/mol. The smallest absolute Gasteiger partial charge is 0.251 e. The van der Waals surface area contributed by atoms with Crippen LogP contribution in [0.4, 0.5) is 0 Å². The van der Waals surface area contributed by atoms with Crippen LogP contribution in [0.5, 0.6) is 0 Å². The van der Waals surface area contributed by atoms with Crippen molar-refractivity contribution in [1.29, 1.82) is 0 Å². The number of aromatic amines is 1. The summed E-state index contributed by atoms with van der Waals surface area (Å²) in [6, 6.07) is 7.32. The number of H-pyrrole nitrogens is 1. The highest BCUT2D eigenvalue weighted by atomic mass is 35.5. The van der Waals surface area contributed by atoms with Crippen molar-refractivity contribution in [3.63, 3.8) is 0 Å². The van der Waals surface area contributed by atoms with Crippen molar-refractivity contribution < 1.29 is 0 Å². The number of hydrogen-bond acceptors (Lipinski definition) is 4. The van der Waals surface area contributed by atoms with Gasteiger partial charge in [0, 0.05) is 11.1 Å². The van der Waals surface area contributed by atoms with Crippen LogP contribution < -0.4 is 5.56 Å². The third-order valence-corrected chi connectivity index (χ3v) is 4.23. The van der Waals surface area contributed by atoms with Crippen molar-refractivity contribution in [3.05, 3.63) is 62.8 Å². The Morgan fingerprint density at radius 3 is 2.75 bits per heavy atom. The Balaban J connectivity index is 1.94. The van der Waals surface area contributed by atoms with E-state index in [1.165, 1.54) is 11.6 Å². The minimum atomic E-state index is -0.210. The molecule has 1 aromatic carbocycles. The fourth-order valence-electron chi connectivity index (χ4n) is 2.54. The highest BCUT2D eigenvalue weighted by Crippen LogP contribution is 2.26. The van der Waals surface area contributed by atoms with Crippen LogP contribution in [0, 0.1) is 6.92 Å². The maximum absolute atomic E-state index is 11.6. The summed E-state index contributed by atoms with van der Waals surface area (Å²) >= 11 is 6.39. The summed E-state index contributed by atoms with van der Waals surface area (Å²) < 4.78 is 0. The Kier molecular flexibility index (Phi) is 4.49. The van der Waals surface area contributed by atoms with Gasteiger partial charge in [0.25, 0.3) is 5.56 Å². The zero-order valence-electron chi connectivity index (χ0n) is 13.7. The average molecular weight is 344 g/mol. The molecule has 3 aromatic rings. The fraction of sp³-hybridized carbons (Fsp3) is 0.294. The van der Waals surface area contributed by atoms with Gasteiger partial charge < -0.3 is 4.98 Å². The maximum atomic E-state index is 11.6. The number of rotatable bonds is 4. The highest BCUT2D eigenvalue weighted by Gasteiger charge is 2.16. The Labute approximate surface area is 144 Å². The molecule has 0 radical (unpaired) electrons. The molecule has 0 fully saturated rings. The van der Waals surface area contributed by atoms with Gasteiger partial charge in [-0.05, 0) is 37.5 Å². The van der Waals surface area contributed by atoms with Gasteiger partial charge in [0.15, 0.2) is 0 Å². The lowest BCUT2D eigenvalue weighted by atomic mass is 10.1. The van der Waals surface area contributed by atoms with Gasteiger partial charge in [0.05, 0.1) is 17.9 Å². The summed E-state index contributed by atoms with van der Waals surface area (Å²) in [5, 5.41) is 9.46. The van der Waals surface area contributed by atoms with Crippen molar-refractivity contribution in [2.45, 2.75) is 33.2 Å². The first-order valence-electron chi connectivity index (χ1n) is 7.76. The number of nitrogens with zero attached hydrogens (tertiary/aromatic N) is 4. The molecule has 0 unspecified atom stereocenters. The maximum Gasteiger partial charge on any atom is 0.251 e. The first-order chi connectivity index (χ1) is 11.5. The van der Waals surface area contributed by atoms with Gasteiger partial charge in [0.1, 0.15) is 11.5 Å². The van der Waals surface area contributed by atoms with Crippen LogP contribution in [0.15, 0.2) is 35.3 Å². The van der Waals surface area contributed by atoms with Gasteiger partial charge in [-0.15, -0.1) is 0 Å². The molecule has 0 spiro atoms. The Morgan fingerprint density at radius 2 is 2.08 bits per heavy atom. The summed E-state index contributed by atoms with van der Waals surface area (Å²) in [7, 11) is 0. The van der Waals surface area contributed by atoms with Crippen molar-refractivity contribution >= 4 is 11.6 Å². The third-order valence-electron chi connectivity index (χ3n) is 3.90. The van der Waals surface area contributed by atoms with Gasteiger partial charge >= 0.3 is 0 Å². The van der Waals surface area contributed by atoms with E-state index >= 15 is 0 Å². The molecule has 2 heterocycles. The summed E-state index contributed by atoms with van der Waals surface area (Å²) in [5.41, 5.74) is 2.98. The highest BCUT2D eigenvalue weighted by molar-refractivity contribution is 6.31. The molecule has 1 N–H and O–H groups in total. The molecular weight excluding hydrogens is 326 g/mol. The largest absolute Gasteiger partial charge is 0.311 e. The van der Waals surface area contributed by atoms with E-state index in [2.05, 4.69) is 33.2 Å². The molecule has 124 valence electrons. The molecule has 0 saturated carbocycles. The summed E-state index contributed by atoms with van der Waals surface area (Å²) in [6.45, 7) is 5.80. The molecule has 3 rings (SSSR count). The minimum absolute atomic E-state index is 0.125. The topological polar surface area (TPSA) is 76.5 Å². The SMILES string of the molecule is CCc1ccc([C@H](C)n2ncc(-c3cc(=O)[nH]c(C)n3)n2)c(Cl)c1. The second-order valence-electron chi connectivity index (χ2n) is 5.65. The molecule has 6 nitrogen and oxygen atoms in total. The van der Waals surface area contributed by atoms with Crippen molar-refractivity contribution in [2.24, 2.45) is 0 Å². The zero-order valence-corrected chi connectivity index (χ0v) is 14.5. The molecule has 0 bridgehead atoms. The molecule has 0 amide bonds. The number of aromatic nitrogens is 5. The van der Waals surface area contributed by atoms with Crippen LogP contribution in [-0.4, -0.2) is 25.0 Å². The third kappa shape index (κ3) is 3.23. The lowest BCUT2D eigenvalue weighted by molar-refractivity contribution is 0.494. The number of halogens is 1. The van der Waals surface area contributed by atoms with Crippen molar-refractivity contribution in [1.82, 2.24) is 25.0 Å². The van der Waals surface area contributed by atoms with E-state index in [0.29, 0.717) is 22.2 Å². The van der Waals surface area contributed by atoms with Gasteiger partial charge in [-0.25, -0.2) is 4.98 Å². The fourth-order valence-corrected chi connectivity index (χ4v) is 2.91. The molecular formula is C17H18ClN5O. The van der Waals surface area contributed by atoms with Crippen LogP contribution in [0.2, 0.25) is 5.02 Å². The lowest BCUT2D eigenvalue weighted by Crippen LogP contribution is -2.12. The Morgan fingerprint density at radius 1 is 1.29 bits per heavy atom. The van der Waals surface area contributed by atoms with Gasteiger partial charge in [-0.2, -0.15) is 15.0 Å². The average Bonchev–Trinajstić information content (AvgIpc) is 3.03. The van der Waals surface area contributed by atoms with Gasteiger partial charge in [-0.3, -0.25) is 4.79 Å². The van der Waals surface area contributed by atoms with Crippen molar-refractivity contribution in [2.75, 3.05) is 0 Å². The first kappa shape index (κ1) is 16.4. The predicted molar refractivity (Wildman–Crippen MR) is 93.3 cm³/mol. The lowest BCUT2D eigenvalue weighted by Gasteiger charge is -2.13. The quantitative estimate of drug-likeness (QED) is 0.789. The number of nitrogens with one attached hydrogen (secondary N) is 1. The Hall–Kier alpha value is -2.47. The van der Waals surface area contributed by atoms with E-state index in [9.17, 15) is 4.79 Å². The molecule has 7 heteroatoms. The molecule has 0 aliphatic heterocycles. The van der Waals surface area contributed by atoms with E-state index in [1.54, 1.807) is 17.9 Å². The normalized spacial score (nSPS) is 12.3. The van der Waals surface area contributed by atoms with E-state index in [-0.39, 0.29) is 11.6 Å². The van der Waals surface area contributed by atoms with Crippen LogP contribution >= 0.6 is 11.6 Å². The van der Waals surface area contributed by atoms with E-state index in [4.69, 9.17) is 11.6 Å². The molecule has 0 aliphatic carbocycles. The van der Waals surface area contributed by atoms with Gasteiger partial charge in [-0.1, -0.05) is 30.7 Å².